The average molecular weight is 292 g/mol. The molecule has 0 bridgehead atoms. The van der Waals surface area contributed by atoms with Crippen LogP contribution in [0.25, 0.3) is 0 Å². The molecule has 5 heteroatoms. The number of hydrogen-bond donors (Lipinski definition) is 1. The van der Waals surface area contributed by atoms with E-state index in [2.05, 4.69) is 5.32 Å². The minimum absolute atomic E-state index is 0.00203. The van der Waals surface area contributed by atoms with Crippen LogP contribution in [0.2, 0.25) is 0 Å². The van der Waals surface area contributed by atoms with Crippen LogP contribution in [0.1, 0.15) is 39.4 Å². The SMILES string of the molecule is CC(C)(C)C(=O)N1CCC[C@H](C(=O)NCc2ccco2)C1. The van der Waals surface area contributed by atoms with Gasteiger partial charge in [-0.25, -0.2) is 0 Å². The highest BCUT2D eigenvalue weighted by Crippen LogP contribution is 2.23. The lowest BCUT2D eigenvalue weighted by Crippen LogP contribution is -2.48. The maximum atomic E-state index is 12.3. The Morgan fingerprint density at radius 3 is 2.81 bits per heavy atom. The van der Waals surface area contributed by atoms with E-state index in [9.17, 15) is 9.59 Å². The van der Waals surface area contributed by atoms with Crippen molar-refractivity contribution in [1.29, 1.82) is 0 Å². The Morgan fingerprint density at radius 2 is 2.19 bits per heavy atom. The van der Waals surface area contributed by atoms with E-state index in [4.69, 9.17) is 4.42 Å². The molecule has 0 spiro atoms. The van der Waals surface area contributed by atoms with Crippen molar-refractivity contribution in [3.63, 3.8) is 0 Å². The molecule has 0 saturated carbocycles. The van der Waals surface area contributed by atoms with Crippen LogP contribution in [0.5, 0.6) is 0 Å². The summed E-state index contributed by atoms with van der Waals surface area (Å²) in [5.41, 5.74) is -0.396. The maximum absolute atomic E-state index is 12.3. The fourth-order valence-electron chi connectivity index (χ4n) is 2.58. The Labute approximate surface area is 125 Å². The molecule has 2 amide bonds. The second-order valence-corrected chi connectivity index (χ2v) is 6.64. The van der Waals surface area contributed by atoms with Crippen molar-refractivity contribution in [3.8, 4) is 0 Å². The Balaban J connectivity index is 1.88. The molecule has 1 aromatic heterocycles. The fraction of sp³-hybridized carbons (Fsp3) is 0.625. The number of nitrogens with one attached hydrogen (secondary N) is 1. The van der Waals surface area contributed by atoms with E-state index in [0.29, 0.717) is 13.1 Å². The smallest absolute Gasteiger partial charge is 0.227 e. The Bertz CT molecular complexity index is 488. The van der Waals surface area contributed by atoms with E-state index >= 15 is 0 Å². The summed E-state index contributed by atoms with van der Waals surface area (Å²) in [6.07, 6.45) is 3.30. The van der Waals surface area contributed by atoms with Gasteiger partial charge < -0.3 is 14.6 Å². The topological polar surface area (TPSA) is 62.6 Å². The van der Waals surface area contributed by atoms with Crippen LogP contribution in [-0.4, -0.2) is 29.8 Å². The molecule has 0 aromatic carbocycles. The molecule has 2 heterocycles. The number of rotatable bonds is 3. The van der Waals surface area contributed by atoms with E-state index in [0.717, 1.165) is 25.1 Å². The molecular formula is C16H24N2O3. The van der Waals surface area contributed by atoms with E-state index in [1.54, 1.807) is 12.3 Å². The predicted octanol–water partition coefficient (Wildman–Crippen LogP) is 2.18. The summed E-state index contributed by atoms with van der Waals surface area (Å²) in [5, 5.41) is 2.88. The largest absolute Gasteiger partial charge is 0.467 e. The molecule has 1 aliphatic rings. The minimum Gasteiger partial charge on any atom is -0.467 e. The predicted molar refractivity (Wildman–Crippen MR) is 79.3 cm³/mol. The van der Waals surface area contributed by atoms with Crippen molar-refractivity contribution in [2.45, 2.75) is 40.2 Å². The average Bonchev–Trinajstić information content (AvgIpc) is 2.96. The summed E-state index contributed by atoms with van der Waals surface area (Å²) in [7, 11) is 0. The molecule has 5 nitrogen and oxygen atoms in total. The molecule has 0 radical (unpaired) electrons. The van der Waals surface area contributed by atoms with Crippen molar-refractivity contribution in [2.24, 2.45) is 11.3 Å². The third-order valence-corrected chi connectivity index (χ3v) is 3.74. The molecule has 1 N–H and O–H groups in total. The first-order valence-corrected chi connectivity index (χ1v) is 7.47. The number of carbonyl (C=O) groups is 2. The van der Waals surface area contributed by atoms with Crippen LogP contribution in [0.3, 0.4) is 0 Å². The van der Waals surface area contributed by atoms with Crippen molar-refractivity contribution in [3.05, 3.63) is 24.2 Å². The summed E-state index contributed by atoms with van der Waals surface area (Å²) in [6.45, 7) is 7.40. The van der Waals surface area contributed by atoms with Crippen LogP contribution in [0.4, 0.5) is 0 Å². The number of likely N-dealkylation sites (tertiary alicyclic amines) is 1. The normalized spacial score (nSPS) is 19.4. The standard InChI is InChI=1S/C16H24N2O3/c1-16(2,3)15(20)18-8-4-6-12(11-18)14(19)17-10-13-7-5-9-21-13/h5,7,9,12H,4,6,8,10-11H2,1-3H3,(H,17,19)/t12-/m0/s1. The molecule has 1 saturated heterocycles. The number of furan rings is 1. The van der Waals surface area contributed by atoms with Crippen molar-refractivity contribution in [2.75, 3.05) is 13.1 Å². The summed E-state index contributed by atoms with van der Waals surface area (Å²) >= 11 is 0. The fourth-order valence-corrected chi connectivity index (χ4v) is 2.58. The second kappa shape index (κ2) is 6.33. The number of carbonyl (C=O) groups excluding carboxylic acids is 2. The Kier molecular flexibility index (Phi) is 4.70. The molecule has 2 rings (SSSR count). The van der Waals surface area contributed by atoms with Gasteiger partial charge in [0.2, 0.25) is 11.8 Å². The first kappa shape index (κ1) is 15.6. The number of hydrogen-bond acceptors (Lipinski definition) is 3. The third-order valence-electron chi connectivity index (χ3n) is 3.74. The quantitative estimate of drug-likeness (QED) is 0.928. The minimum atomic E-state index is -0.396. The zero-order valence-corrected chi connectivity index (χ0v) is 13.0. The summed E-state index contributed by atoms with van der Waals surface area (Å²) in [4.78, 5) is 26.4. The van der Waals surface area contributed by atoms with Gasteiger partial charge in [0.25, 0.3) is 0 Å². The molecule has 1 aromatic rings. The molecule has 1 aliphatic heterocycles. The van der Waals surface area contributed by atoms with Gasteiger partial charge in [-0.05, 0) is 25.0 Å². The van der Waals surface area contributed by atoms with Gasteiger partial charge in [-0.2, -0.15) is 0 Å². The van der Waals surface area contributed by atoms with Gasteiger partial charge in [-0.3, -0.25) is 9.59 Å². The zero-order valence-electron chi connectivity index (χ0n) is 13.0. The molecule has 1 fully saturated rings. The van der Waals surface area contributed by atoms with Gasteiger partial charge in [0.15, 0.2) is 0 Å². The highest BCUT2D eigenvalue weighted by Gasteiger charge is 2.33. The van der Waals surface area contributed by atoms with E-state index in [1.165, 1.54) is 0 Å². The van der Waals surface area contributed by atoms with Gasteiger partial charge in [0.05, 0.1) is 18.7 Å². The molecule has 0 unspecified atom stereocenters. The van der Waals surface area contributed by atoms with Gasteiger partial charge >= 0.3 is 0 Å². The number of nitrogens with zero attached hydrogens (tertiary/aromatic N) is 1. The van der Waals surface area contributed by atoms with Crippen LogP contribution in [-0.2, 0) is 16.1 Å². The molecule has 21 heavy (non-hydrogen) atoms. The Hall–Kier alpha value is -1.78. The highest BCUT2D eigenvalue weighted by atomic mass is 16.3. The number of amides is 2. The number of piperidine rings is 1. The van der Waals surface area contributed by atoms with Crippen LogP contribution >= 0.6 is 0 Å². The Morgan fingerprint density at radius 1 is 1.43 bits per heavy atom. The van der Waals surface area contributed by atoms with Crippen LogP contribution in [0, 0.1) is 11.3 Å². The second-order valence-electron chi connectivity index (χ2n) is 6.64. The lowest BCUT2D eigenvalue weighted by atomic mass is 9.91. The lowest BCUT2D eigenvalue weighted by molar-refractivity contribution is -0.142. The maximum Gasteiger partial charge on any atom is 0.227 e. The molecular weight excluding hydrogens is 268 g/mol. The van der Waals surface area contributed by atoms with Gasteiger partial charge in [0, 0.05) is 18.5 Å². The lowest BCUT2D eigenvalue weighted by Gasteiger charge is -2.35. The summed E-state index contributed by atoms with van der Waals surface area (Å²) in [5.74, 6) is 0.727. The van der Waals surface area contributed by atoms with E-state index < -0.39 is 5.41 Å². The highest BCUT2D eigenvalue weighted by molar-refractivity contribution is 5.83. The van der Waals surface area contributed by atoms with Crippen LogP contribution in [0.15, 0.2) is 22.8 Å². The summed E-state index contributed by atoms with van der Waals surface area (Å²) in [6, 6.07) is 3.63. The molecule has 1 atom stereocenters. The van der Waals surface area contributed by atoms with Crippen molar-refractivity contribution >= 4 is 11.8 Å². The molecule has 116 valence electrons. The summed E-state index contributed by atoms with van der Waals surface area (Å²) < 4.78 is 5.20. The monoisotopic (exact) mass is 292 g/mol. The van der Waals surface area contributed by atoms with E-state index in [-0.39, 0.29) is 17.7 Å². The van der Waals surface area contributed by atoms with Gasteiger partial charge in [-0.1, -0.05) is 20.8 Å². The van der Waals surface area contributed by atoms with E-state index in [1.807, 2.05) is 31.7 Å². The van der Waals surface area contributed by atoms with Crippen LogP contribution < -0.4 is 5.32 Å². The zero-order chi connectivity index (χ0) is 15.5. The van der Waals surface area contributed by atoms with Crippen molar-refractivity contribution < 1.29 is 14.0 Å². The van der Waals surface area contributed by atoms with Crippen molar-refractivity contribution in [1.82, 2.24) is 10.2 Å². The molecule has 0 aliphatic carbocycles. The van der Waals surface area contributed by atoms with Gasteiger partial charge in [-0.15, -0.1) is 0 Å². The van der Waals surface area contributed by atoms with Gasteiger partial charge in [0.1, 0.15) is 5.76 Å². The first-order chi connectivity index (χ1) is 9.88. The third kappa shape index (κ3) is 4.09. The first-order valence-electron chi connectivity index (χ1n) is 7.47.